The van der Waals surface area contributed by atoms with E-state index in [4.69, 9.17) is 10.2 Å². The number of carbonyl (C=O) groups is 2. The van der Waals surface area contributed by atoms with Crippen molar-refractivity contribution >= 4 is 11.9 Å². The largest absolute Gasteiger partial charge is 0.478 e. The first-order valence-corrected chi connectivity index (χ1v) is 7.23. The van der Waals surface area contributed by atoms with E-state index in [1.165, 1.54) is 19.3 Å². The molecule has 0 fully saturated rings. The van der Waals surface area contributed by atoms with Gasteiger partial charge in [0.2, 0.25) is 0 Å². The molecule has 0 atom stereocenters. The van der Waals surface area contributed by atoms with Gasteiger partial charge >= 0.3 is 11.9 Å². The van der Waals surface area contributed by atoms with Crippen LogP contribution in [0.25, 0.3) is 0 Å². The topological polar surface area (TPSA) is 74.6 Å². The van der Waals surface area contributed by atoms with Gasteiger partial charge in [-0.25, -0.2) is 9.59 Å². The SMILES string of the molecule is CCCCCCCCC(C(=O)O)=C(CCC)C(=O)O. The lowest BCUT2D eigenvalue weighted by Crippen LogP contribution is -2.11. The maximum Gasteiger partial charge on any atom is 0.332 e. The molecule has 0 aliphatic heterocycles. The van der Waals surface area contributed by atoms with Crippen LogP contribution in [-0.4, -0.2) is 22.2 Å². The molecule has 4 heteroatoms. The number of hydrogen-bond acceptors (Lipinski definition) is 2. The van der Waals surface area contributed by atoms with E-state index in [2.05, 4.69) is 6.92 Å². The molecule has 0 saturated carbocycles. The van der Waals surface area contributed by atoms with Gasteiger partial charge in [-0.1, -0.05) is 52.4 Å². The summed E-state index contributed by atoms with van der Waals surface area (Å²) in [4.78, 5) is 22.3. The van der Waals surface area contributed by atoms with Crippen molar-refractivity contribution in [1.82, 2.24) is 0 Å². The first kappa shape index (κ1) is 17.7. The van der Waals surface area contributed by atoms with Crippen molar-refractivity contribution in [2.45, 2.75) is 71.6 Å². The van der Waals surface area contributed by atoms with Crippen LogP contribution in [0.4, 0.5) is 0 Å². The Balaban J connectivity index is 4.43. The Morgan fingerprint density at radius 3 is 1.63 bits per heavy atom. The van der Waals surface area contributed by atoms with Crippen LogP contribution in [0.3, 0.4) is 0 Å². The summed E-state index contributed by atoms with van der Waals surface area (Å²) in [7, 11) is 0. The second kappa shape index (κ2) is 10.6. The minimum absolute atomic E-state index is 0.0727. The normalized spacial score (nSPS) is 12.1. The fourth-order valence-electron chi connectivity index (χ4n) is 2.11. The Morgan fingerprint density at radius 2 is 1.16 bits per heavy atom. The molecule has 0 aromatic rings. The zero-order valence-electron chi connectivity index (χ0n) is 12.1. The highest BCUT2D eigenvalue weighted by atomic mass is 16.4. The number of aliphatic carboxylic acids is 2. The van der Waals surface area contributed by atoms with Gasteiger partial charge in [0, 0.05) is 11.1 Å². The number of hydrogen-bond donors (Lipinski definition) is 2. The van der Waals surface area contributed by atoms with Gasteiger partial charge in [0.15, 0.2) is 0 Å². The zero-order valence-corrected chi connectivity index (χ0v) is 12.1. The minimum Gasteiger partial charge on any atom is -0.478 e. The molecule has 19 heavy (non-hydrogen) atoms. The zero-order chi connectivity index (χ0) is 14.7. The van der Waals surface area contributed by atoms with E-state index in [0.29, 0.717) is 19.3 Å². The first-order chi connectivity index (χ1) is 9.04. The lowest BCUT2D eigenvalue weighted by atomic mass is 9.98. The number of rotatable bonds is 11. The molecule has 2 N–H and O–H groups in total. The summed E-state index contributed by atoms with van der Waals surface area (Å²) in [6, 6.07) is 0. The van der Waals surface area contributed by atoms with E-state index in [0.717, 1.165) is 19.3 Å². The predicted molar refractivity (Wildman–Crippen MR) is 75.2 cm³/mol. The molecule has 110 valence electrons. The Morgan fingerprint density at radius 1 is 0.684 bits per heavy atom. The van der Waals surface area contributed by atoms with Crippen LogP contribution in [0.1, 0.15) is 71.6 Å². The molecule has 0 heterocycles. The highest BCUT2D eigenvalue weighted by Gasteiger charge is 2.18. The van der Waals surface area contributed by atoms with Crippen molar-refractivity contribution in [2.24, 2.45) is 0 Å². The van der Waals surface area contributed by atoms with Crippen LogP contribution in [-0.2, 0) is 9.59 Å². The van der Waals surface area contributed by atoms with Crippen molar-refractivity contribution in [3.63, 3.8) is 0 Å². The molecule has 4 nitrogen and oxygen atoms in total. The summed E-state index contributed by atoms with van der Waals surface area (Å²) < 4.78 is 0. The average Bonchev–Trinajstić information content (AvgIpc) is 2.35. The van der Waals surface area contributed by atoms with E-state index in [1.807, 2.05) is 6.92 Å². The Bertz CT molecular complexity index is 318. The van der Waals surface area contributed by atoms with Gasteiger partial charge in [-0.2, -0.15) is 0 Å². The number of unbranched alkanes of at least 4 members (excludes halogenated alkanes) is 5. The predicted octanol–water partition coefficient (Wildman–Crippen LogP) is 4.00. The van der Waals surface area contributed by atoms with Crippen LogP contribution in [0.15, 0.2) is 11.1 Å². The summed E-state index contributed by atoms with van der Waals surface area (Å²) in [6.45, 7) is 4.00. The quantitative estimate of drug-likeness (QED) is 0.439. The minimum atomic E-state index is -1.09. The third-order valence-electron chi connectivity index (χ3n) is 3.16. The molecule has 0 aliphatic carbocycles. The van der Waals surface area contributed by atoms with Gasteiger partial charge in [-0.15, -0.1) is 0 Å². The lowest BCUT2D eigenvalue weighted by Gasteiger charge is -2.08. The van der Waals surface area contributed by atoms with Gasteiger partial charge in [-0.3, -0.25) is 0 Å². The molecule has 0 bridgehead atoms. The lowest BCUT2D eigenvalue weighted by molar-refractivity contribution is -0.136. The maximum atomic E-state index is 11.2. The van der Waals surface area contributed by atoms with E-state index in [-0.39, 0.29) is 11.1 Å². The summed E-state index contributed by atoms with van der Waals surface area (Å²) in [5.41, 5.74) is 0.161. The van der Waals surface area contributed by atoms with Crippen molar-refractivity contribution in [1.29, 1.82) is 0 Å². The van der Waals surface area contributed by atoms with Crippen LogP contribution in [0.2, 0.25) is 0 Å². The monoisotopic (exact) mass is 270 g/mol. The number of carboxylic acids is 2. The summed E-state index contributed by atoms with van der Waals surface area (Å²) in [6.07, 6.45) is 7.71. The summed E-state index contributed by atoms with van der Waals surface area (Å²) >= 11 is 0. The second-order valence-electron chi connectivity index (χ2n) is 4.84. The Kier molecular flexibility index (Phi) is 9.85. The molecule has 0 aromatic carbocycles. The smallest absolute Gasteiger partial charge is 0.332 e. The second-order valence-corrected chi connectivity index (χ2v) is 4.84. The van der Waals surface area contributed by atoms with Crippen molar-refractivity contribution < 1.29 is 19.8 Å². The molecule has 0 radical (unpaired) electrons. The fraction of sp³-hybridized carbons (Fsp3) is 0.733. The van der Waals surface area contributed by atoms with Crippen molar-refractivity contribution in [3.8, 4) is 0 Å². The standard InChI is InChI=1S/C15H26O4/c1-3-5-6-7-8-9-11-13(15(18)19)12(10-4-2)14(16)17/h3-11H2,1-2H3,(H,16,17)(H,18,19). The number of carboxylic acid groups (broad SMARTS) is 2. The summed E-state index contributed by atoms with van der Waals surface area (Å²) in [5.74, 6) is -2.18. The molecule has 0 saturated heterocycles. The summed E-state index contributed by atoms with van der Waals surface area (Å²) in [5, 5.41) is 18.2. The molecule has 0 rings (SSSR count). The molecule has 0 aliphatic rings. The molecule has 0 unspecified atom stereocenters. The third-order valence-corrected chi connectivity index (χ3v) is 3.16. The molecular weight excluding hydrogens is 244 g/mol. The Hall–Kier alpha value is -1.32. The van der Waals surface area contributed by atoms with Gasteiger partial charge < -0.3 is 10.2 Å². The third kappa shape index (κ3) is 7.65. The van der Waals surface area contributed by atoms with Crippen LogP contribution in [0, 0.1) is 0 Å². The van der Waals surface area contributed by atoms with E-state index in [9.17, 15) is 9.59 Å². The van der Waals surface area contributed by atoms with Crippen molar-refractivity contribution in [2.75, 3.05) is 0 Å². The molecule has 0 spiro atoms. The highest BCUT2D eigenvalue weighted by Crippen LogP contribution is 2.19. The van der Waals surface area contributed by atoms with Crippen LogP contribution in [0.5, 0.6) is 0 Å². The van der Waals surface area contributed by atoms with Gasteiger partial charge in [0.1, 0.15) is 0 Å². The van der Waals surface area contributed by atoms with E-state index in [1.54, 1.807) is 0 Å². The van der Waals surface area contributed by atoms with Crippen molar-refractivity contribution in [3.05, 3.63) is 11.1 Å². The van der Waals surface area contributed by atoms with E-state index < -0.39 is 11.9 Å². The molecular formula is C15H26O4. The fourth-order valence-corrected chi connectivity index (χ4v) is 2.11. The average molecular weight is 270 g/mol. The first-order valence-electron chi connectivity index (χ1n) is 7.23. The van der Waals surface area contributed by atoms with Crippen LogP contribution < -0.4 is 0 Å². The molecule has 0 amide bonds. The van der Waals surface area contributed by atoms with Gasteiger partial charge in [0.25, 0.3) is 0 Å². The highest BCUT2D eigenvalue weighted by molar-refractivity contribution is 5.98. The maximum absolute atomic E-state index is 11.2. The van der Waals surface area contributed by atoms with E-state index >= 15 is 0 Å². The Labute approximate surface area is 115 Å². The van der Waals surface area contributed by atoms with Gasteiger partial charge in [-0.05, 0) is 19.3 Å². The van der Waals surface area contributed by atoms with Gasteiger partial charge in [0.05, 0.1) is 0 Å². The molecule has 0 aromatic heterocycles. The van der Waals surface area contributed by atoms with Crippen LogP contribution >= 0.6 is 0 Å².